The topological polar surface area (TPSA) is 33.0 Å². The number of hydrogen-bond donors (Lipinski definition) is 0. The molecule has 0 aromatic heterocycles. The Hall–Kier alpha value is -1.59. The molecule has 0 spiro atoms. The molecular weight excluding hydrogens is 222 g/mol. The summed E-state index contributed by atoms with van der Waals surface area (Å²) in [6.45, 7) is 0.595. The molecule has 0 aliphatic heterocycles. The van der Waals surface area contributed by atoms with E-state index in [1.54, 1.807) is 0 Å². The lowest BCUT2D eigenvalue weighted by Crippen LogP contribution is -2.26. The number of ether oxygens (including phenoxy) is 1. The van der Waals surface area contributed by atoms with Crippen LogP contribution in [-0.4, -0.2) is 12.7 Å². The molecule has 1 aromatic carbocycles. The van der Waals surface area contributed by atoms with E-state index < -0.39 is 0 Å². The average Bonchev–Trinajstić information content (AvgIpc) is 2.45. The number of rotatable bonds is 4. The van der Waals surface area contributed by atoms with E-state index in [1.165, 1.54) is 12.0 Å². The minimum absolute atomic E-state index is 0.0869. The Balaban J connectivity index is 1.78. The SMILES string of the molecule is N#CC1CCCCC1OC/C=C/c1ccccc1. The molecule has 0 radical (unpaired) electrons. The highest BCUT2D eigenvalue weighted by Crippen LogP contribution is 2.26. The highest BCUT2D eigenvalue weighted by atomic mass is 16.5. The third-order valence-electron chi connectivity index (χ3n) is 3.38. The normalized spacial score (nSPS) is 23.9. The quantitative estimate of drug-likeness (QED) is 0.803. The second-order valence-corrected chi connectivity index (χ2v) is 4.70. The third kappa shape index (κ3) is 3.72. The molecular formula is C16H19NO. The number of hydrogen-bond acceptors (Lipinski definition) is 2. The number of nitriles is 1. The largest absolute Gasteiger partial charge is 0.373 e. The zero-order chi connectivity index (χ0) is 12.6. The van der Waals surface area contributed by atoms with E-state index in [9.17, 15) is 0 Å². The molecule has 2 rings (SSSR count). The summed E-state index contributed by atoms with van der Waals surface area (Å²) < 4.78 is 5.80. The Morgan fingerprint density at radius 2 is 2.00 bits per heavy atom. The highest BCUT2D eigenvalue weighted by molar-refractivity contribution is 5.48. The second-order valence-electron chi connectivity index (χ2n) is 4.70. The van der Waals surface area contributed by atoms with Gasteiger partial charge in [-0.25, -0.2) is 0 Å². The van der Waals surface area contributed by atoms with Crippen molar-refractivity contribution in [2.24, 2.45) is 5.92 Å². The first-order chi connectivity index (χ1) is 8.90. The van der Waals surface area contributed by atoms with Crippen molar-refractivity contribution >= 4 is 6.08 Å². The molecule has 0 heterocycles. The molecule has 1 saturated carbocycles. The van der Waals surface area contributed by atoms with Crippen molar-refractivity contribution < 1.29 is 4.74 Å². The first-order valence-electron chi connectivity index (χ1n) is 6.63. The lowest BCUT2D eigenvalue weighted by Gasteiger charge is -2.26. The molecule has 1 aliphatic carbocycles. The van der Waals surface area contributed by atoms with E-state index in [0.717, 1.165) is 19.3 Å². The fourth-order valence-electron chi connectivity index (χ4n) is 2.37. The van der Waals surface area contributed by atoms with Gasteiger partial charge >= 0.3 is 0 Å². The standard InChI is InChI=1S/C16H19NO/c17-13-15-10-4-5-11-16(15)18-12-6-9-14-7-2-1-3-8-14/h1-3,6-9,15-16H,4-5,10-12H2/b9-6+. The van der Waals surface area contributed by atoms with Crippen molar-refractivity contribution in [3.05, 3.63) is 42.0 Å². The lowest BCUT2D eigenvalue weighted by atomic mass is 9.87. The maximum Gasteiger partial charge on any atom is 0.0737 e. The Bertz CT molecular complexity index is 418. The summed E-state index contributed by atoms with van der Waals surface area (Å²) in [6, 6.07) is 12.5. The van der Waals surface area contributed by atoms with Crippen molar-refractivity contribution in [2.75, 3.05) is 6.61 Å². The Kier molecular flexibility index (Phi) is 4.99. The van der Waals surface area contributed by atoms with Crippen LogP contribution in [0.15, 0.2) is 36.4 Å². The zero-order valence-electron chi connectivity index (χ0n) is 10.6. The average molecular weight is 241 g/mol. The Labute approximate surface area is 109 Å². The molecule has 18 heavy (non-hydrogen) atoms. The molecule has 0 bridgehead atoms. The fraction of sp³-hybridized carbons (Fsp3) is 0.438. The highest BCUT2D eigenvalue weighted by Gasteiger charge is 2.24. The first kappa shape index (κ1) is 12.9. The van der Waals surface area contributed by atoms with Crippen LogP contribution in [0.1, 0.15) is 31.2 Å². The molecule has 2 nitrogen and oxygen atoms in total. The summed E-state index contributed by atoms with van der Waals surface area (Å²) in [7, 11) is 0. The van der Waals surface area contributed by atoms with Gasteiger partial charge in [0.05, 0.1) is 24.7 Å². The van der Waals surface area contributed by atoms with E-state index in [-0.39, 0.29) is 12.0 Å². The van der Waals surface area contributed by atoms with Crippen LogP contribution in [0, 0.1) is 17.2 Å². The van der Waals surface area contributed by atoms with Gasteiger partial charge in [0.25, 0.3) is 0 Å². The van der Waals surface area contributed by atoms with Gasteiger partial charge in [0.1, 0.15) is 0 Å². The van der Waals surface area contributed by atoms with Crippen molar-refractivity contribution in [2.45, 2.75) is 31.8 Å². The molecule has 1 fully saturated rings. The van der Waals surface area contributed by atoms with Gasteiger partial charge in [0, 0.05) is 0 Å². The van der Waals surface area contributed by atoms with Gasteiger partial charge in [-0.3, -0.25) is 0 Å². The predicted octanol–water partition coefficient (Wildman–Crippen LogP) is 3.80. The van der Waals surface area contributed by atoms with E-state index in [4.69, 9.17) is 10.00 Å². The molecule has 1 aromatic rings. The number of benzene rings is 1. The van der Waals surface area contributed by atoms with Gasteiger partial charge in [-0.05, 0) is 18.4 Å². The molecule has 0 saturated heterocycles. The summed E-state index contributed by atoms with van der Waals surface area (Å²) in [6.07, 6.45) is 8.58. The molecule has 1 aliphatic rings. The Morgan fingerprint density at radius 1 is 1.22 bits per heavy atom. The van der Waals surface area contributed by atoms with Crippen LogP contribution in [0.3, 0.4) is 0 Å². The van der Waals surface area contributed by atoms with Crippen LogP contribution in [0.5, 0.6) is 0 Å². The summed E-state index contributed by atoms with van der Waals surface area (Å²) >= 11 is 0. The predicted molar refractivity (Wildman–Crippen MR) is 72.8 cm³/mol. The van der Waals surface area contributed by atoms with Crippen LogP contribution in [0.25, 0.3) is 6.08 Å². The monoisotopic (exact) mass is 241 g/mol. The maximum atomic E-state index is 9.05. The summed E-state index contributed by atoms with van der Waals surface area (Å²) in [5.41, 5.74) is 1.18. The minimum atomic E-state index is 0.0869. The van der Waals surface area contributed by atoms with Gasteiger partial charge < -0.3 is 4.74 Å². The van der Waals surface area contributed by atoms with E-state index in [0.29, 0.717) is 6.61 Å². The van der Waals surface area contributed by atoms with Crippen LogP contribution < -0.4 is 0 Å². The van der Waals surface area contributed by atoms with Gasteiger partial charge in [-0.1, -0.05) is 55.3 Å². The van der Waals surface area contributed by atoms with Gasteiger partial charge in [0.2, 0.25) is 0 Å². The van der Waals surface area contributed by atoms with Crippen molar-refractivity contribution in [3.63, 3.8) is 0 Å². The molecule has 0 amide bonds. The Morgan fingerprint density at radius 3 is 2.78 bits per heavy atom. The molecule has 2 atom stereocenters. The summed E-state index contributed by atoms with van der Waals surface area (Å²) in [5.74, 6) is 0.0869. The zero-order valence-corrected chi connectivity index (χ0v) is 10.6. The third-order valence-corrected chi connectivity index (χ3v) is 3.38. The van der Waals surface area contributed by atoms with Crippen LogP contribution in [0.2, 0.25) is 0 Å². The minimum Gasteiger partial charge on any atom is -0.373 e. The second kappa shape index (κ2) is 6.98. The van der Waals surface area contributed by atoms with Crippen LogP contribution in [-0.2, 0) is 4.74 Å². The van der Waals surface area contributed by atoms with Crippen LogP contribution in [0.4, 0.5) is 0 Å². The molecule has 0 N–H and O–H groups in total. The molecule has 2 unspecified atom stereocenters. The maximum absolute atomic E-state index is 9.05. The number of nitrogens with zero attached hydrogens (tertiary/aromatic N) is 1. The summed E-state index contributed by atoms with van der Waals surface area (Å²) in [5, 5.41) is 9.05. The van der Waals surface area contributed by atoms with Crippen molar-refractivity contribution in [1.82, 2.24) is 0 Å². The lowest BCUT2D eigenvalue weighted by molar-refractivity contribution is 0.0224. The van der Waals surface area contributed by atoms with Crippen molar-refractivity contribution in [1.29, 1.82) is 5.26 Å². The van der Waals surface area contributed by atoms with Crippen LogP contribution >= 0.6 is 0 Å². The van der Waals surface area contributed by atoms with Gasteiger partial charge in [-0.2, -0.15) is 5.26 Å². The van der Waals surface area contributed by atoms with E-state index in [1.807, 2.05) is 24.3 Å². The van der Waals surface area contributed by atoms with E-state index in [2.05, 4.69) is 24.3 Å². The summed E-state index contributed by atoms with van der Waals surface area (Å²) in [4.78, 5) is 0. The van der Waals surface area contributed by atoms with Gasteiger partial charge in [0.15, 0.2) is 0 Å². The first-order valence-corrected chi connectivity index (χ1v) is 6.63. The molecule has 94 valence electrons. The smallest absolute Gasteiger partial charge is 0.0737 e. The van der Waals surface area contributed by atoms with Gasteiger partial charge in [-0.15, -0.1) is 0 Å². The molecule has 2 heteroatoms. The fourth-order valence-corrected chi connectivity index (χ4v) is 2.37. The van der Waals surface area contributed by atoms with Crippen molar-refractivity contribution in [3.8, 4) is 6.07 Å². The van der Waals surface area contributed by atoms with E-state index >= 15 is 0 Å².